The second-order valence-corrected chi connectivity index (χ2v) is 6.79. The lowest BCUT2D eigenvalue weighted by Crippen LogP contribution is -2.50. The SMILES string of the molecule is C[C@@H]1CCC[C@@H](C)N1C(=O)COC(=O)[C@H](Cc1ccccc1)NC(N)=O. The number of hydrogen-bond acceptors (Lipinski definition) is 4. The number of amides is 3. The second kappa shape index (κ2) is 9.22. The molecule has 0 saturated carbocycles. The quantitative estimate of drug-likeness (QED) is 0.751. The van der Waals surface area contributed by atoms with Crippen LogP contribution in [0.25, 0.3) is 0 Å². The van der Waals surface area contributed by atoms with Crippen LogP contribution in [0.3, 0.4) is 0 Å². The first kappa shape index (κ1) is 19.8. The number of likely N-dealkylation sites (tertiary alicyclic amines) is 1. The third kappa shape index (κ3) is 5.47. The topological polar surface area (TPSA) is 102 Å². The summed E-state index contributed by atoms with van der Waals surface area (Å²) in [5.74, 6) is -0.881. The molecule has 1 fully saturated rings. The summed E-state index contributed by atoms with van der Waals surface area (Å²) in [6, 6.07) is 7.73. The third-order valence-corrected chi connectivity index (χ3v) is 4.70. The van der Waals surface area contributed by atoms with E-state index < -0.39 is 18.0 Å². The normalized spacial score (nSPS) is 20.9. The van der Waals surface area contributed by atoms with Crippen LogP contribution in [0, 0.1) is 0 Å². The highest BCUT2D eigenvalue weighted by Crippen LogP contribution is 2.22. The average Bonchev–Trinajstić information content (AvgIpc) is 2.59. The highest BCUT2D eigenvalue weighted by atomic mass is 16.5. The fourth-order valence-electron chi connectivity index (χ4n) is 3.44. The molecule has 3 atom stereocenters. The Hall–Kier alpha value is -2.57. The van der Waals surface area contributed by atoms with E-state index in [0.29, 0.717) is 0 Å². The molecule has 2 rings (SSSR count). The number of nitrogens with zero attached hydrogens (tertiary/aromatic N) is 1. The number of rotatable bonds is 6. The molecule has 142 valence electrons. The maximum absolute atomic E-state index is 12.5. The molecule has 1 heterocycles. The molecule has 1 aromatic carbocycles. The van der Waals surface area contributed by atoms with E-state index in [1.807, 2.05) is 44.2 Å². The molecular formula is C19H27N3O4. The van der Waals surface area contributed by atoms with E-state index >= 15 is 0 Å². The van der Waals surface area contributed by atoms with Gasteiger partial charge in [-0.3, -0.25) is 4.79 Å². The number of ether oxygens (including phenoxy) is 1. The van der Waals surface area contributed by atoms with E-state index in [1.54, 1.807) is 4.90 Å². The summed E-state index contributed by atoms with van der Waals surface area (Å²) in [5, 5.41) is 2.39. The molecule has 3 amide bonds. The van der Waals surface area contributed by atoms with Gasteiger partial charge in [-0.1, -0.05) is 30.3 Å². The summed E-state index contributed by atoms with van der Waals surface area (Å²) < 4.78 is 5.19. The minimum absolute atomic E-state index is 0.133. The van der Waals surface area contributed by atoms with Crippen molar-refractivity contribution >= 4 is 17.9 Å². The monoisotopic (exact) mass is 361 g/mol. The molecule has 0 bridgehead atoms. The zero-order valence-electron chi connectivity index (χ0n) is 15.3. The first-order chi connectivity index (χ1) is 12.4. The molecule has 1 aromatic rings. The molecule has 0 aliphatic carbocycles. The lowest BCUT2D eigenvalue weighted by atomic mass is 9.97. The van der Waals surface area contributed by atoms with E-state index in [4.69, 9.17) is 10.5 Å². The van der Waals surface area contributed by atoms with Gasteiger partial charge in [-0.25, -0.2) is 9.59 Å². The van der Waals surface area contributed by atoms with Crippen LogP contribution in [-0.2, 0) is 20.7 Å². The number of carbonyl (C=O) groups excluding carboxylic acids is 3. The lowest BCUT2D eigenvalue weighted by molar-refractivity contribution is -0.156. The van der Waals surface area contributed by atoms with E-state index in [2.05, 4.69) is 5.32 Å². The van der Waals surface area contributed by atoms with Crippen LogP contribution in [-0.4, -0.2) is 47.5 Å². The van der Waals surface area contributed by atoms with Crippen LogP contribution in [0.2, 0.25) is 0 Å². The molecule has 1 aliphatic heterocycles. The summed E-state index contributed by atoms with van der Waals surface area (Å²) in [7, 11) is 0. The third-order valence-electron chi connectivity index (χ3n) is 4.70. The maximum Gasteiger partial charge on any atom is 0.329 e. The van der Waals surface area contributed by atoms with Gasteiger partial charge in [0.15, 0.2) is 6.61 Å². The fourth-order valence-corrected chi connectivity index (χ4v) is 3.44. The molecule has 7 nitrogen and oxygen atoms in total. The van der Waals surface area contributed by atoms with Crippen molar-refractivity contribution < 1.29 is 19.1 Å². The van der Waals surface area contributed by atoms with E-state index in [-0.39, 0.29) is 31.0 Å². The van der Waals surface area contributed by atoms with Gasteiger partial charge in [0.2, 0.25) is 0 Å². The molecule has 26 heavy (non-hydrogen) atoms. The number of hydrogen-bond donors (Lipinski definition) is 2. The van der Waals surface area contributed by atoms with Crippen LogP contribution < -0.4 is 11.1 Å². The van der Waals surface area contributed by atoms with Gasteiger partial charge in [0.25, 0.3) is 5.91 Å². The number of nitrogens with two attached hydrogens (primary N) is 1. The Balaban J connectivity index is 1.95. The van der Waals surface area contributed by atoms with Crippen LogP contribution in [0.4, 0.5) is 4.79 Å². The minimum atomic E-state index is -0.932. The molecule has 1 saturated heterocycles. The summed E-state index contributed by atoms with van der Waals surface area (Å²) in [6.07, 6.45) is 3.23. The van der Waals surface area contributed by atoms with Gasteiger partial charge in [-0.05, 0) is 38.7 Å². The lowest BCUT2D eigenvalue weighted by Gasteiger charge is -2.38. The predicted molar refractivity (Wildman–Crippen MR) is 97.2 cm³/mol. The number of carbonyl (C=O) groups is 3. The number of nitrogens with one attached hydrogen (secondary N) is 1. The number of esters is 1. The zero-order chi connectivity index (χ0) is 19.1. The second-order valence-electron chi connectivity index (χ2n) is 6.79. The Morgan fingerprint density at radius 2 is 1.81 bits per heavy atom. The van der Waals surface area contributed by atoms with E-state index in [1.165, 1.54) is 0 Å². The van der Waals surface area contributed by atoms with Crippen LogP contribution in [0.5, 0.6) is 0 Å². The van der Waals surface area contributed by atoms with Crippen molar-refractivity contribution in [3.63, 3.8) is 0 Å². The van der Waals surface area contributed by atoms with Crippen molar-refractivity contribution in [2.45, 2.75) is 57.7 Å². The molecule has 3 N–H and O–H groups in total. The summed E-state index contributed by atoms with van der Waals surface area (Å²) in [6.45, 7) is 3.67. The Labute approximate surface area is 153 Å². The standard InChI is InChI=1S/C19H27N3O4/c1-13-7-6-8-14(2)22(13)17(23)12-26-18(24)16(21-19(20)25)11-15-9-4-3-5-10-15/h3-5,9-10,13-14,16H,6-8,11-12H2,1-2H3,(H3,20,21,25)/t13-,14-,16+/m1/s1. The van der Waals surface area contributed by atoms with Gasteiger partial charge in [-0.15, -0.1) is 0 Å². The van der Waals surface area contributed by atoms with E-state index in [9.17, 15) is 14.4 Å². The van der Waals surface area contributed by atoms with Crippen molar-refractivity contribution in [3.8, 4) is 0 Å². The number of urea groups is 1. The van der Waals surface area contributed by atoms with Gasteiger partial charge in [-0.2, -0.15) is 0 Å². The van der Waals surface area contributed by atoms with Gasteiger partial charge >= 0.3 is 12.0 Å². The highest BCUT2D eigenvalue weighted by molar-refractivity contribution is 5.86. The van der Waals surface area contributed by atoms with Gasteiger partial charge in [0.1, 0.15) is 6.04 Å². The Kier molecular flexibility index (Phi) is 7.00. The number of piperidine rings is 1. The Morgan fingerprint density at radius 1 is 1.19 bits per heavy atom. The average molecular weight is 361 g/mol. The largest absolute Gasteiger partial charge is 0.454 e. The van der Waals surface area contributed by atoms with Crippen molar-refractivity contribution in [3.05, 3.63) is 35.9 Å². The van der Waals surface area contributed by atoms with Crippen molar-refractivity contribution in [1.29, 1.82) is 0 Å². The zero-order valence-corrected chi connectivity index (χ0v) is 15.3. The van der Waals surface area contributed by atoms with Gasteiger partial charge in [0, 0.05) is 18.5 Å². The maximum atomic E-state index is 12.5. The molecule has 0 unspecified atom stereocenters. The first-order valence-corrected chi connectivity index (χ1v) is 8.96. The Bertz CT molecular complexity index is 625. The summed E-state index contributed by atoms with van der Waals surface area (Å²) in [5.41, 5.74) is 6.02. The van der Waals surface area contributed by atoms with Crippen molar-refractivity contribution in [2.24, 2.45) is 5.73 Å². The van der Waals surface area contributed by atoms with Crippen LogP contribution >= 0.6 is 0 Å². The molecule has 0 radical (unpaired) electrons. The van der Waals surface area contributed by atoms with Crippen LogP contribution in [0.15, 0.2) is 30.3 Å². The first-order valence-electron chi connectivity index (χ1n) is 8.96. The number of primary amides is 1. The fraction of sp³-hybridized carbons (Fsp3) is 0.526. The van der Waals surface area contributed by atoms with Crippen LogP contribution in [0.1, 0.15) is 38.7 Å². The Morgan fingerprint density at radius 3 is 2.38 bits per heavy atom. The minimum Gasteiger partial charge on any atom is -0.454 e. The molecule has 1 aliphatic rings. The van der Waals surface area contributed by atoms with Crippen molar-refractivity contribution in [2.75, 3.05) is 6.61 Å². The summed E-state index contributed by atoms with van der Waals surface area (Å²) >= 11 is 0. The molecule has 0 spiro atoms. The van der Waals surface area contributed by atoms with Gasteiger partial charge in [0.05, 0.1) is 0 Å². The smallest absolute Gasteiger partial charge is 0.329 e. The molecular weight excluding hydrogens is 334 g/mol. The number of benzene rings is 1. The molecule has 7 heteroatoms. The predicted octanol–water partition coefficient (Wildman–Crippen LogP) is 1.60. The molecule has 0 aromatic heterocycles. The summed E-state index contributed by atoms with van der Waals surface area (Å²) in [4.78, 5) is 37.8. The van der Waals surface area contributed by atoms with Gasteiger partial charge < -0.3 is 20.7 Å². The van der Waals surface area contributed by atoms with E-state index in [0.717, 1.165) is 24.8 Å². The van der Waals surface area contributed by atoms with Crippen molar-refractivity contribution in [1.82, 2.24) is 10.2 Å². The highest BCUT2D eigenvalue weighted by Gasteiger charge is 2.30.